The number of amides is 1. The molecule has 0 bridgehead atoms. The van der Waals surface area contributed by atoms with Crippen molar-refractivity contribution in [2.24, 2.45) is 5.73 Å². The number of hydrogen-bond acceptors (Lipinski definition) is 9. The molecule has 292 valence electrons. The number of carboxylic acid groups (broad SMARTS) is 1. The maximum Gasteiger partial charge on any atom is 0.335 e. The Bertz CT molecular complexity index is 2490. The van der Waals surface area contributed by atoms with Crippen molar-refractivity contribution >= 4 is 64.9 Å². The Hall–Kier alpha value is -4.34. The number of aromatic amines is 2. The van der Waals surface area contributed by atoms with Crippen molar-refractivity contribution in [2.45, 2.75) is 100.0 Å². The standard InChI is InChI=1S/C20H22N2O4S.C16H15NO3.C4H9NO2S/c23-16-2-1-6-20(7-8-20)17-14-10-12(3-4-15(14)22-18(16)17)19(24)21-13-5-9-27(25,26)11-13;18-12-2-1-5-16(6-7-16)13-10-8-9(15(19)20)3-4-11(10)17-14(12)13;5-4-1-2-8(6,7)3-4/h3-4,10,13,22H,1-2,5-9,11H2,(H,21,24);3-4,8,17H,1-2,5-7H2,(H,19,20);4H,1-3,5H2. The average molecular weight is 791 g/mol. The number of benzene rings is 2. The van der Waals surface area contributed by atoms with Gasteiger partial charge < -0.3 is 26.1 Å². The number of Topliss-reactive ketones (excluding diaryl/α,β-unsaturated/α-hetero) is 2. The van der Waals surface area contributed by atoms with Gasteiger partial charge >= 0.3 is 5.97 Å². The first-order valence-corrected chi connectivity index (χ1v) is 22.8. The Morgan fingerprint density at radius 3 is 1.62 bits per heavy atom. The number of nitrogens with one attached hydrogen (secondary N) is 3. The van der Waals surface area contributed by atoms with Gasteiger partial charge in [-0.2, -0.15) is 0 Å². The molecule has 2 atom stereocenters. The average Bonchev–Trinajstić information content (AvgIpc) is 3.94. The summed E-state index contributed by atoms with van der Waals surface area (Å²) in [5, 5.41) is 13.9. The molecule has 4 heterocycles. The van der Waals surface area contributed by atoms with Gasteiger partial charge in [-0.1, -0.05) is 0 Å². The Morgan fingerprint density at radius 2 is 1.20 bits per heavy atom. The Kier molecular flexibility index (Phi) is 9.36. The lowest BCUT2D eigenvalue weighted by Crippen LogP contribution is -2.35. The quantitative estimate of drug-likeness (QED) is 0.189. The monoisotopic (exact) mass is 790 g/mol. The molecule has 6 N–H and O–H groups in total. The van der Waals surface area contributed by atoms with Gasteiger partial charge in [0.05, 0.1) is 40.0 Å². The van der Waals surface area contributed by atoms with Crippen LogP contribution in [0, 0.1) is 0 Å². The fourth-order valence-electron chi connectivity index (χ4n) is 9.16. The topological polar surface area (TPSA) is 226 Å². The van der Waals surface area contributed by atoms with E-state index in [9.17, 15) is 36.0 Å². The summed E-state index contributed by atoms with van der Waals surface area (Å²) < 4.78 is 44.3. The SMILES string of the molecule is NC1CCS(=O)(=O)C1.O=C(NC1CCS(=O)(=O)C1)c1ccc2[nH]c3c(c2c1)C1(CCCC3=O)CC1.O=C(O)c1ccc2[nH]c3c(c2c1)C1(CCCC3=O)CC1. The van der Waals surface area contributed by atoms with Crippen LogP contribution in [-0.2, 0) is 30.5 Å². The number of H-pyrrole nitrogens is 2. The summed E-state index contributed by atoms with van der Waals surface area (Å²) >= 11 is 0. The van der Waals surface area contributed by atoms with Crippen LogP contribution in [0.5, 0.6) is 0 Å². The van der Waals surface area contributed by atoms with E-state index in [0.29, 0.717) is 31.2 Å². The number of nitrogens with two attached hydrogens (primary N) is 1. The number of ketones is 2. The lowest BCUT2D eigenvalue weighted by atomic mass is 9.90. The number of carboxylic acids is 1. The van der Waals surface area contributed by atoms with Crippen LogP contribution in [0.25, 0.3) is 21.8 Å². The van der Waals surface area contributed by atoms with Crippen molar-refractivity contribution in [3.63, 3.8) is 0 Å². The zero-order valence-corrected chi connectivity index (χ0v) is 32.2. The van der Waals surface area contributed by atoms with E-state index >= 15 is 0 Å². The van der Waals surface area contributed by atoms with Crippen LogP contribution in [-0.4, -0.2) is 90.4 Å². The molecule has 2 unspecified atom stereocenters. The normalized spacial score (nSPS) is 24.8. The number of carbonyl (C=O) groups excluding carboxylic acids is 3. The highest BCUT2D eigenvalue weighted by molar-refractivity contribution is 7.91. The third kappa shape index (κ3) is 7.38. The maximum atomic E-state index is 12.7. The molecule has 2 aromatic carbocycles. The molecule has 13 nitrogen and oxygen atoms in total. The molecule has 2 spiro atoms. The molecule has 10 rings (SSSR count). The van der Waals surface area contributed by atoms with Crippen molar-refractivity contribution in [2.75, 3.05) is 23.0 Å². The van der Waals surface area contributed by atoms with Gasteiger partial charge in [0.2, 0.25) is 0 Å². The summed E-state index contributed by atoms with van der Waals surface area (Å²) in [5.74, 6) is -0.235. The number of aromatic nitrogens is 2. The van der Waals surface area contributed by atoms with Crippen LogP contribution >= 0.6 is 0 Å². The third-order valence-corrected chi connectivity index (χ3v) is 15.9. The van der Waals surface area contributed by atoms with Gasteiger partial charge in [0.25, 0.3) is 5.91 Å². The second kappa shape index (κ2) is 13.7. The molecule has 2 aliphatic heterocycles. The number of sulfone groups is 2. The first kappa shape index (κ1) is 37.6. The van der Waals surface area contributed by atoms with Gasteiger partial charge in [-0.05, 0) is 123 Å². The van der Waals surface area contributed by atoms with E-state index in [1.807, 2.05) is 12.1 Å². The molecule has 0 radical (unpaired) electrons. The van der Waals surface area contributed by atoms with Gasteiger partial charge in [0.15, 0.2) is 31.2 Å². The van der Waals surface area contributed by atoms with Gasteiger partial charge in [0, 0.05) is 52.3 Å². The predicted molar refractivity (Wildman–Crippen MR) is 208 cm³/mol. The van der Waals surface area contributed by atoms with Crippen molar-refractivity contribution in [1.29, 1.82) is 0 Å². The molecule has 55 heavy (non-hydrogen) atoms. The molecule has 2 saturated carbocycles. The highest BCUT2D eigenvalue weighted by Gasteiger charge is 2.50. The summed E-state index contributed by atoms with van der Waals surface area (Å²) in [6, 6.07) is 10.1. The smallest absolute Gasteiger partial charge is 0.335 e. The van der Waals surface area contributed by atoms with Gasteiger partial charge in [-0.15, -0.1) is 0 Å². The fraction of sp³-hybridized carbons (Fsp3) is 0.500. The molecule has 2 aromatic heterocycles. The van der Waals surface area contributed by atoms with Crippen LogP contribution in [0.2, 0.25) is 0 Å². The first-order chi connectivity index (χ1) is 26.1. The maximum absolute atomic E-state index is 12.7. The number of carbonyl (C=O) groups is 4. The van der Waals surface area contributed by atoms with Crippen LogP contribution in [0.15, 0.2) is 36.4 Å². The van der Waals surface area contributed by atoms with Crippen LogP contribution in [0.4, 0.5) is 0 Å². The Balaban J connectivity index is 0.000000133. The van der Waals surface area contributed by atoms with E-state index in [4.69, 9.17) is 10.8 Å². The predicted octanol–water partition coefficient (Wildman–Crippen LogP) is 4.88. The molecule has 4 fully saturated rings. The van der Waals surface area contributed by atoms with E-state index in [2.05, 4.69) is 15.3 Å². The number of fused-ring (bicyclic) bond motifs is 8. The van der Waals surface area contributed by atoms with Gasteiger partial charge in [-0.25, -0.2) is 21.6 Å². The lowest BCUT2D eigenvalue weighted by Gasteiger charge is -2.14. The van der Waals surface area contributed by atoms with Crippen molar-refractivity contribution in [3.05, 3.63) is 70.0 Å². The van der Waals surface area contributed by atoms with E-state index in [0.717, 1.165) is 95.7 Å². The minimum atomic E-state index is -3.04. The van der Waals surface area contributed by atoms with Gasteiger partial charge in [0.1, 0.15) is 0 Å². The Morgan fingerprint density at radius 1 is 0.709 bits per heavy atom. The molecular formula is C40H46N4O9S2. The minimum Gasteiger partial charge on any atom is -0.478 e. The summed E-state index contributed by atoms with van der Waals surface area (Å²) in [6.45, 7) is 0. The largest absolute Gasteiger partial charge is 0.478 e. The highest BCUT2D eigenvalue weighted by Crippen LogP contribution is 2.57. The summed E-state index contributed by atoms with van der Waals surface area (Å²) in [5.41, 5.74) is 11.7. The molecule has 6 aliphatic rings. The van der Waals surface area contributed by atoms with E-state index in [1.165, 1.54) is 0 Å². The lowest BCUT2D eigenvalue weighted by molar-refractivity contribution is 0.0696. The second-order valence-corrected chi connectivity index (χ2v) is 20.9. The molecule has 1 amide bonds. The molecule has 15 heteroatoms. The number of aromatic carboxylic acids is 1. The molecule has 2 saturated heterocycles. The summed E-state index contributed by atoms with van der Waals surface area (Å²) in [7, 11) is -5.76. The van der Waals surface area contributed by atoms with E-state index in [1.54, 1.807) is 24.3 Å². The zero-order chi connectivity index (χ0) is 38.9. The molecular weight excluding hydrogens is 745 g/mol. The number of rotatable bonds is 3. The minimum absolute atomic E-state index is 0.0121. The van der Waals surface area contributed by atoms with E-state index < -0.39 is 25.6 Å². The van der Waals surface area contributed by atoms with Crippen molar-refractivity contribution < 1.29 is 41.1 Å². The van der Waals surface area contributed by atoms with E-state index in [-0.39, 0.29) is 69.0 Å². The summed E-state index contributed by atoms with van der Waals surface area (Å²) in [6.07, 6.45) is 10.6. The zero-order valence-electron chi connectivity index (χ0n) is 30.5. The van der Waals surface area contributed by atoms with Gasteiger partial charge in [-0.3, -0.25) is 14.4 Å². The summed E-state index contributed by atoms with van der Waals surface area (Å²) in [4.78, 5) is 55.1. The Labute approximate surface area is 319 Å². The molecule has 4 aliphatic carbocycles. The van der Waals surface area contributed by atoms with Crippen LogP contribution in [0.3, 0.4) is 0 Å². The van der Waals surface area contributed by atoms with Crippen molar-refractivity contribution in [1.82, 2.24) is 15.3 Å². The second-order valence-electron chi connectivity index (χ2n) is 16.4. The number of hydrogen-bond donors (Lipinski definition) is 5. The van der Waals surface area contributed by atoms with Crippen LogP contribution in [0.1, 0.15) is 130 Å². The van der Waals surface area contributed by atoms with Crippen molar-refractivity contribution in [3.8, 4) is 0 Å². The van der Waals surface area contributed by atoms with Crippen LogP contribution < -0.4 is 11.1 Å². The molecule has 4 aromatic rings. The fourth-order valence-corrected chi connectivity index (χ4v) is 12.5. The highest BCUT2D eigenvalue weighted by atomic mass is 32.2. The third-order valence-electron chi connectivity index (χ3n) is 12.4. The first-order valence-electron chi connectivity index (χ1n) is 19.2.